The first-order valence-corrected chi connectivity index (χ1v) is 12.0. The van der Waals surface area contributed by atoms with E-state index in [0.29, 0.717) is 11.1 Å². The number of aromatic nitrogens is 1. The number of furan rings is 1. The Balaban J connectivity index is 1.42. The number of alkyl carbamates (subject to hydrolysis) is 1. The van der Waals surface area contributed by atoms with Crippen molar-refractivity contribution >= 4 is 29.1 Å². The molecule has 10 nitrogen and oxygen atoms in total. The van der Waals surface area contributed by atoms with E-state index in [2.05, 4.69) is 5.32 Å². The SMILES string of the molecule is CCOC(=O)c1cc2occc2n1COC(=O)C(COCc1ccccc1)NC(=O)OCc1ccccc1. The van der Waals surface area contributed by atoms with E-state index in [-0.39, 0.29) is 38.9 Å². The number of benzene rings is 2. The average molecular weight is 521 g/mol. The van der Waals surface area contributed by atoms with Crippen molar-refractivity contribution < 1.29 is 37.7 Å². The minimum Gasteiger partial charge on any atom is -0.463 e. The van der Waals surface area contributed by atoms with E-state index in [9.17, 15) is 14.4 Å². The molecule has 2 aromatic carbocycles. The molecule has 4 aromatic rings. The minimum absolute atomic E-state index is 0.0318. The maximum absolute atomic E-state index is 13.0. The Morgan fingerprint density at radius 1 is 0.895 bits per heavy atom. The second-order valence-corrected chi connectivity index (χ2v) is 8.20. The van der Waals surface area contributed by atoms with Crippen molar-refractivity contribution in [3.8, 4) is 0 Å². The first kappa shape index (κ1) is 26.5. The summed E-state index contributed by atoms with van der Waals surface area (Å²) in [5.74, 6) is -1.35. The number of carbonyl (C=O) groups excluding carboxylic acids is 3. The Bertz CT molecular complexity index is 1350. The molecular formula is C28H28N2O8. The lowest BCUT2D eigenvalue weighted by Gasteiger charge is -2.19. The molecule has 0 saturated heterocycles. The van der Waals surface area contributed by atoms with Crippen LogP contribution >= 0.6 is 0 Å². The Kier molecular flexibility index (Phi) is 9.14. The fraction of sp³-hybridized carbons (Fsp3) is 0.250. The number of esters is 2. The van der Waals surface area contributed by atoms with Crippen LogP contribution in [0.15, 0.2) is 83.5 Å². The maximum Gasteiger partial charge on any atom is 0.408 e. The van der Waals surface area contributed by atoms with Gasteiger partial charge in [0.15, 0.2) is 18.4 Å². The highest BCUT2D eigenvalue weighted by Crippen LogP contribution is 2.22. The molecule has 0 radical (unpaired) electrons. The molecule has 0 saturated carbocycles. The smallest absolute Gasteiger partial charge is 0.408 e. The van der Waals surface area contributed by atoms with Crippen molar-refractivity contribution in [2.24, 2.45) is 0 Å². The Morgan fingerprint density at radius 3 is 2.26 bits per heavy atom. The summed E-state index contributed by atoms with van der Waals surface area (Å²) < 4.78 is 28.4. The van der Waals surface area contributed by atoms with Gasteiger partial charge in [-0.3, -0.25) is 4.57 Å². The van der Waals surface area contributed by atoms with E-state index >= 15 is 0 Å². The number of nitrogens with one attached hydrogen (secondary N) is 1. The van der Waals surface area contributed by atoms with E-state index in [1.807, 2.05) is 60.7 Å². The van der Waals surface area contributed by atoms with E-state index in [1.54, 1.807) is 13.0 Å². The number of hydrogen-bond acceptors (Lipinski definition) is 8. The number of amides is 1. The van der Waals surface area contributed by atoms with Gasteiger partial charge in [0.25, 0.3) is 0 Å². The van der Waals surface area contributed by atoms with Gasteiger partial charge in [0.1, 0.15) is 12.3 Å². The summed E-state index contributed by atoms with van der Waals surface area (Å²) in [6, 6.07) is 20.5. The molecular weight excluding hydrogens is 492 g/mol. The quantitative estimate of drug-likeness (QED) is 0.215. The van der Waals surface area contributed by atoms with Crippen molar-refractivity contribution in [1.29, 1.82) is 0 Å². The van der Waals surface area contributed by atoms with E-state index in [0.717, 1.165) is 11.1 Å². The lowest BCUT2D eigenvalue weighted by Crippen LogP contribution is -2.45. The molecule has 38 heavy (non-hydrogen) atoms. The molecule has 4 rings (SSSR count). The van der Waals surface area contributed by atoms with E-state index in [4.69, 9.17) is 23.4 Å². The minimum atomic E-state index is -1.16. The molecule has 1 unspecified atom stereocenters. The van der Waals surface area contributed by atoms with Crippen molar-refractivity contribution in [3.63, 3.8) is 0 Å². The van der Waals surface area contributed by atoms with Gasteiger partial charge >= 0.3 is 18.0 Å². The number of ether oxygens (including phenoxy) is 4. The van der Waals surface area contributed by atoms with E-state index < -0.39 is 24.1 Å². The summed E-state index contributed by atoms with van der Waals surface area (Å²) in [6.07, 6.45) is 0.659. The third-order valence-corrected chi connectivity index (χ3v) is 5.53. The van der Waals surface area contributed by atoms with Crippen molar-refractivity contribution in [2.45, 2.75) is 32.9 Å². The standard InChI is InChI=1S/C28H28N2O8/c1-2-35-27(32)24-15-25-23(13-14-36-25)30(24)19-38-26(31)22(18-34-16-20-9-5-3-6-10-20)29-28(33)37-17-21-11-7-4-8-12-21/h3-15,22H,2,16-19H2,1H3,(H,29,33). The summed E-state index contributed by atoms with van der Waals surface area (Å²) in [5.41, 5.74) is 2.86. The molecule has 1 atom stereocenters. The number of carbonyl (C=O) groups is 3. The van der Waals surface area contributed by atoms with Gasteiger partial charge in [0.05, 0.1) is 31.6 Å². The summed E-state index contributed by atoms with van der Waals surface area (Å²) in [4.78, 5) is 37.9. The van der Waals surface area contributed by atoms with Crippen molar-refractivity contribution in [1.82, 2.24) is 9.88 Å². The predicted molar refractivity (Wildman–Crippen MR) is 136 cm³/mol. The summed E-state index contributed by atoms with van der Waals surface area (Å²) >= 11 is 0. The molecule has 0 aliphatic rings. The Labute approximate surface area is 219 Å². The van der Waals surface area contributed by atoms with Gasteiger partial charge in [-0.15, -0.1) is 0 Å². The molecule has 1 N–H and O–H groups in total. The largest absolute Gasteiger partial charge is 0.463 e. The van der Waals surface area contributed by atoms with Gasteiger partial charge in [-0.1, -0.05) is 60.7 Å². The van der Waals surface area contributed by atoms with Gasteiger partial charge in [-0.05, 0) is 18.1 Å². The van der Waals surface area contributed by atoms with Crippen LogP contribution in [0, 0.1) is 0 Å². The lowest BCUT2D eigenvalue weighted by atomic mass is 10.2. The zero-order valence-corrected chi connectivity index (χ0v) is 20.8. The fourth-order valence-corrected chi connectivity index (χ4v) is 3.66. The number of rotatable bonds is 12. The number of nitrogens with zero attached hydrogens (tertiary/aromatic N) is 1. The van der Waals surface area contributed by atoms with Crippen LogP contribution in [0.1, 0.15) is 28.5 Å². The first-order valence-electron chi connectivity index (χ1n) is 12.0. The summed E-state index contributed by atoms with van der Waals surface area (Å²) in [6.45, 7) is 1.66. The third kappa shape index (κ3) is 7.01. The fourth-order valence-electron chi connectivity index (χ4n) is 3.66. The highest BCUT2D eigenvalue weighted by Gasteiger charge is 2.25. The van der Waals surface area contributed by atoms with Crippen LogP contribution in [0.5, 0.6) is 0 Å². The molecule has 2 aromatic heterocycles. The third-order valence-electron chi connectivity index (χ3n) is 5.53. The first-order chi connectivity index (χ1) is 18.5. The van der Waals surface area contributed by atoms with E-state index in [1.165, 1.54) is 16.9 Å². The topological polar surface area (TPSA) is 118 Å². The summed E-state index contributed by atoms with van der Waals surface area (Å²) in [7, 11) is 0. The second-order valence-electron chi connectivity index (χ2n) is 8.20. The molecule has 0 bridgehead atoms. The number of hydrogen-bond donors (Lipinski definition) is 1. The molecule has 0 fully saturated rings. The Morgan fingerprint density at radius 2 is 1.58 bits per heavy atom. The monoisotopic (exact) mass is 520 g/mol. The molecule has 1 amide bonds. The van der Waals surface area contributed by atoms with Gasteiger partial charge in [-0.2, -0.15) is 0 Å². The van der Waals surface area contributed by atoms with Crippen molar-refractivity contribution in [3.05, 3.63) is 95.9 Å². The maximum atomic E-state index is 13.0. The van der Waals surface area contributed by atoms with Gasteiger partial charge in [0.2, 0.25) is 0 Å². The Hall–Kier alpha value is -4.57. The molecule has 0 aliphatic heterocycles. The zero-order chi connectivity index (χ0) is 26.7. The van der Waals surface area contributed by atoms with Crippen LogP contribution < -0.4 is 5.32 Å². The zero-order valence-electron chi connectivity index (χ0n) is 20.8. The lowest BCUT2D eigenvalue weighted by molar-refractivity contribution is -0.151. The van der Waals surface area contributed by atoms with Crippen LogP contribution in [-0.2, 0) is 43.7 Å². The van der Waals surface area contributed by atoms with Gasteiger partial charge < -0.3 is 28.7 Å². The second kappa shape index (κ2) is 13.1. The van der Waals surface area contributed by atoms with Gasteiger partial charge in [-0.25, -0.2) is 14.4 Å². The van der Waals surface area contributed by atoms with Crippen molar-refractivity contribution in [2.75, 3.05) is 13.2 Å². The van der Waals surface area contributed by atoms with Crippen LogP contribution in [0.4, 0.5) is 4.79 Å². The van der Waals surface area contributed by atoms with Crippen LogP contribution in [0.2, 0.25) is 0 Å². The highest BCUT2D eigenvalue weighted by atomic mass is 16.6. The summed E-state index contributed by atoms with van der Waals surface area (Å²) in [5, 5.41) is 2.51. The average Bonchev–Trinajstić information content (AvgIpc) is 3.53. The normalized spacial score (nSPS) is 11.6. The van der Waals surface area contributed by atoms with Crippen LogP contribution in [-0.4, -0.2) is 41.9 Å². The molecule has 2 heterocycles. The molecule has 0 aliphatic carbocycles. The molecule has 0 spiro atoms. The molecule has 10 heteroatoms. The highest BCUT2D eigenvalue weighted by molar-refractivity contribution is 5.94. The predicted octanol–water partition coefficient (Wildman–Crippen LogP) is 4.42. The van der Waals surface area contributed by atoms with Gasteiger partial charge in [0, 0.05) is 12.1 Å². The van der Waals surface area contributed by atoms with Crippen LogP contribution in [0.3, 0.4) is 0 Å². The van der Waals surface area contributed by atoms with Crippen LogP contribution in [0.25, 0.3) is 11.1 Å². The number of fused-ring (bicyclic) bond motifs is 1. The molecule has 198 valence electrons.